The summed E-state index contributed by atoms with van der Waals surface area (Å²) in [6, 6.07) is 2.31. The zero-order valence-electron chi connectivity index (χ0n) is 22.0. The molecule has 0 aromatic rings. The summed E-state index contributed by atoms with van der Waals surface area (Å²) >= 11 is 0. The van der Waals surface area contributed by atoms with E-state index in [0.717, 1.165) is 25.7 Å². The van der Waals surface area contributed by atoms with Gasteiger partial charge in [-0.2, -0.15) is 10.5 Å². The molecule has 10 heteroatoms. The lowest BCUT2D eigenvalue weighted by molar-refractivity contribution is 0.0443. The second-order valence-electron chi connectivity index (χ2n) is 9.94. The van der Waals surface area contributed by atoms with Gasteiger partial charge in [0.2, 0.25) is 0 Å². The van der Waals surface area contributed by atoms with Gasteiger partial charge in [0, 0.05) is 0 Å². The predicted molar refractivity (Wildman–Crippen MR) is 129 cm³/mol. The van der Waals surface area contributed by atoms with Crippen LogP contribution in [0.2, 0.25) is 0 Å². The van der Waals surface area contributed by atoms with E-state index >= 15 is 0 Å². The number of aliphatic hydroxyl groups is 2. The predicted octanol–water partition coefficient (Wildman–Crippen LogP) is 3.91. The van der Waals surface area contributed by atoms with Gasteiger partial charge in [-0.25, -0.2) is 9.59 Å². The molecule has 4 N–H and O–H groups in total. The molecular formula is C24H44N4O6. The van der Waals surface area contributed by atoms with E-state index in [1.807, 2.05) is 13.8 Å². The van der Waals surface area contributed by atoms with Crippen LogP contribution in [0.5, 0.6) is 0 Å². The average molecular weight is 485 g/mol. The quantitative estimate of drug-likeness (QED) is 0.339. The monoisotopic (exact) mass is 484 g/mol. The minimum Gasteiger partial charge on any atom is -0.444 e. The van der Waals surface area contributed by atoms with Crippen molar-refractivity contribution in [3.63, 3.8) is 0 Å². The van der Waals surface area contributed by atoms with Crippen LogP contribution < -0.4 is 10.6 Å². The van der Waals surface area contributed by atoms with E-state index in [0.29, 0.717) is 12.8 Å². The summed E-state index contributed by atoms with van der Waals surface area (Å²) in [5.74, 6) is 0. The van der Waals surface area contributed by atoms with Crippen LogP contribution in [0.3, 0.4) is 0 Å². The molecule has 0 aliphatic carbocycles. The first kappa shape index (κ1) is 33.6. The number of nitrogens with one attached hydrogen (secondary N) is 2. The number of alkyl carbamates (subject to hydrolysis) is 2. The van der Waals surface area contributed by atoms with Gasteiger partial charge in [0.25, 0.3) is 0 Å². The fourth-order valence-corrected chi connectivity index (χ4v) is 2.56. The van der Waals surface area contributed by atoms with Crippen LogP contribution in [0.15, 0.2) is 0 Å². The summed E-state index contributed by atoms with van der Waals surface area (Å²) in [5, 5.41) is 41.3. The Morgan fingerprint density at radius 1 is 0.765 bits per heavy atom. The lowest BCUT2D eigenvalue weighted by atomic mass is 10.1. The molecule has 10 nitrogen and oxygen atoms in total. The molecule has 0 radical (unpaired) electrons. The molecule has 0 saturated heterocycles. The van der Waals surface area contributed by atoms with Gasteiger partial charge < -0.3 is 30.3 Å². The maximum atomic E-state index is 11.5. The molecule has 0 heterocycles. The van der Waals surface area contributed by atoms with Gasteiger partial charge in [-0.1, -0.05) is 39.5 Å². The smallest absolute Gasteiger partial charge is 0.407 e. The van der Waals surface area contributed by atoms with Crippen LogP contribution in [-0.2, 0) is 9.47 Å². The minimum atomic E-state index is -1.20. The van der Waals surface area contributed by atoms with Crippen molar-refractivity contribution in [2.45, 2.75) is 129 Å². The number of carbonyl (C=O) groups is 2. The second-order valence-corrected chi connectivity index (χ2v) is 9.94. The van der Waals surface area contributed by atoms with Crippen LogP contribution in [0.1, 0.15) is 93.9 Å². The standard InChI is InChI=1S/2C12H22N2O3/c2*1-5-6-7-9(10(15)8-13)14-11(16)17-12(2,3)4/h2*9-10,15H,5-7H2,1-4H3,(H,14,16)/t9-,10+;9-,10-/m00/s1. The van der Waals surface area contributed by atoms with Crippen molar-refractivity contribution in [3.8, 4) is 12.1 Å². The zero-order chi connectivity index (χ0) is 26.9. The highest BCUT2D eigenvalue weighted by Crippen LogP contribution is 2.11. The minimum absolute atomic E-state index is 0.560. The number of amides is 2. The molecule has 0 spiro atoms. The fraction of sp³-hybridized carbons (Fsp3) is 0.833. The number of aliphatic hydroxyl groups excluding tert-OH is 2. The lowest BCUT2D eigenvalue weighted by Gasteiger charge is -2.24. The fourth-order valence-electron chi connectivity index (χ4n) is 2.56. The van der Waals surface area contributed by atoms with Crippen molar-refractivity contribution in [1.29, 1.82) is 10.5 Å². The number of unbranched alkanes of at least 4 members (excludes halogenated alkanes) is 2. The first-order valence-corrected chi connectivity index (χ1v) is 11.7. The van der Waals surface area contributed by atoms with Gasteiger partial charge in [-0.3, -0.25) is 0 Å². The molecule has 0 saturated carbocycles. The molecule has 196 valence electrons. The molecule has 0 unspecified atom stereocenters. The Morgan fingerprint density at radius 3 is 1.26 bits per heavy atom. The largest absolute Gasteiger partial charge is 0.444 e. The number of nitrogens with zero attached hydrogens (tertiary/aromatic N) is 2. The van der Waals surface area contributed by atoms with E-state index in [1.54, 1.807) is 53.7 Å². The summed E-state index contributed by atoms with van der Waals surface area (Å²) in [6.45, 7) is 14.6. The normalized spacial score (nSPS) is 14.6. The van der Waals surface area contributed by atoms with Crippen LogP contribution in [-0.4, -0.2) is 57.9 Å². The van der Waals surface area contributed by atoms with Crippen molar-refractivity contribution in [2.75, 3.05) is 0 Å². The topological polar surface area (TPSA) is 165 Å². The Morgan fingerprint density at radius 2 is 1.06 bits per heavy atom. The first-order valence-electron chi connectivity index (χ1n) is 11.7. The molecule has 4 atom stereocenters. The Labute approximate surface area is 204 Å². The van der Waals surface area contributed by atoms with E-state index < -0.39 is 47.7 Å². The zero-order valence-corrected chi connectivity index (χ0v) is 22.0. The van der Waals surface area contributed by atoms with Crippen LogP contribution in [0, 0.1) is 22.7 Å². The third-order valence-corrected chi connectivity index (χ3v) is 4.17. The van der Waals surface area contributed by atoms with Gasteiger partial charge in [-0.05, 0) is 54.4 Å². The molecule has 0 aromatic carbocycles. The number of rotatable bonds is 10. The molecule has 0 fully saturated rings. The maximum Gasteiger partial charge on any atom is 0.407 e. The highest BCUT2D eigenvalue weighted by molar-refractivity contribution is 5.68. The van der Waals surface area contributed by atoms with Gasteiger partial charge in [0.15, 0.2) is 12.2 Å². The Balaban J connectivity index is 0. The molecule has 0 bridgehead atoms. The third-order valence-electron chi connectivity index (χ3n) is 4.17. The number of hydrogen-bond acceptors (Lipinski definition) is 8. The molecule has 0 aliphatic rings. The van der Waals surface area contributed by atoms with E-state index in [4.69, 9.17) is 20.0 Å². The van der Waals surface area contributed by atoms with Gasteiger partial charge >= 0.3 is 12.2 Å². The van der Waals surface area contributed by atoms with E-state index in [-0.39, 0.29) is 0 Å². The highest BCUT2D eigenvalue weighted by atomic mass is 16.6. The average Bonchev–Trinajstić information content (AvgIpc) is 2.70. The number of nitriles is 2. The molecule has 2 amide bonds. The van der Waals surface area contributed by atoms with Crippen molar-refractivity contribution in [1.82, 2.24) is 10.6 Å². The molecule has 0 aliphatic heterocycles. The van der Waals surface area contributed by atoms with Crippen molar-refractivity contribution < 1.29 is 29.3 Å². The summed E-state index contributed by atoms with van der Waals surface area (Å²) in [7, 11) is 0. The number of ether oxygens (including phenoxy) is 2. The van der Waals surface area contributed by atoms with Crippen LogP contribution in [0.4, 0.5) is 9.59 Å². The summed E-state index contributed by atoms with van der Waals surface area (Å²) in [5.41, 5.74) is -1.17. The van der Waals surface area contributed by atoms with E-state index in [2.05, 4.69) is 10.6 Å². The Hall–Kier alpha value is -2.56. The Bertz CT molecular complexity index is 615. The highest BCUT2D eigenvalue weighted by Gasteiger charge is 2.25. The summed E-state index contributed by atoms with van der Waals surface area (Å²) < 4.78 is 10.1. The molecular weight excluding hydrogens is 440 g/mol. The van der Waals surface area contributed by atoms with Crippen molar-refractivity contribution >= 4 is 12.2 Å². The van der Waals surface area contributed by atoms with E-state index in [9.17, 15) is 19.8 Å². The number of hydrogen-bond donors (Lipinski definition) is 4. The first-order chi connectivity index (χ1) is 15.6. The molecule has 0 rings (SSSR count). The van der Waals surface area contributed by atoms with Crippen LogP contribution in [0.25, 0.3) is 0 Å². The van der Waals surface area contributed by atoms with Gasteiger partial charge in [0.05, 0.1) is 24.2 Å². The molecule has 34 heavy (non-hydrogen) atoms. The van der Waals surface area contributed by atoms with Gasteiger partial charge in [0.1, 0.15) is 11.2 Å². The van der Waals surface area contributed by atoms with Crippen molar-refractivity contribution in [2.24, 2.45) is 0 Å². The van der Waals surface area contributed by atoms with E-state index in [1.165, 1.54) is 0 Å². The van der Waals surface area contributed by atoms with Gasteiger partial charge in [-0.15, -0.1) is 0 Å². The van der Waals surface area contributed by atoms with Crippen molar-refractivity contribution in [3.05, 3.63) is 0 Å². The third kappa shape index (κ3) is 19.0. The summed E-state index contributed by atoms with van der Waals surface area (Å²) in [4.78, 5) is 23.0. The number of carbonyl (C=O) groups excluding carboxylic acids is 2. The molecule has 0 aromatic heterocycles. The second kappa shape index (κ2) is 17.0. The SMILES string of the molecule is CCCC[C@H](NC(=O)OC(C)(C)C)[C@@H](O)C#N.CCCC[C@H](NC(=O)OC(C)(C)C)[C@H](O)C#N. The van der Waals surface area contributed by atoms with Crippen LogP contribution >= 0.6 is 0 Å². The lowest BCUT2D eigenvalue weighted by Crippen LogP contribution is -2.45. The maximum absolute atomic E-state index is 11.5. The summed E-state index contributed by atoms with van der Waals surface area (Å²) in [6.07, 6.45) is 1.05. The Kier molecular flexibility index (Phi) is 16.8.